The minimum absolute atomic E-state index is 0.441. The molecule has 1 saturated heterocycles. The first-order valence-electron chi connectivity index (χ1n) is 5.70. The molecule has 1 fully saturated rings. The van der Waals surface area contributed by atoms with E-state index in [1.807, 2.05) is 0 Å². The fourth-order valence-electron chi connectivity index (χ4n) is 2.10. The second-order valence-corrected chi connectivity index (χ2v) is 7.71. The van der Waals surface area contributed by atoms with Gasteiger partial charge in [0.2, 0.25) is 0 Å². The normalized spacial score (nSPS) is 24.4. The van der Waals surface area contributed by atoms with E-state index >= 15 is 0 Å². The number of nitrogens with zero attached hydrogens (tertiary/aromatic N) is 2. The van der Waals surface area contributed by atoms with Gasteiger partial charge < -0.3 is 13.8 Å². The van der Waals surface area contributed by atoms with Gasteiger partial charge in [-0.05, 0) is 33.6 Å². The lowest BCUT2D eigenvalue weighted by atomic mass is 10.4. The Bertz CT molecular complexity index is 194. The van der Waals surface area contributed by atoms with Gasteiger partial charge in [-0.25, -0.2) is 0 Å². The van der Waals surface area contributed by atoms with Crippen LogP contribution in [0.2, 0.25) is 6.55 Å². The second kappa shape index (κ2) is 5.40. The van der Waals surface area contributed by atoms with Gasteiger partial charge >= 0.3 is 8.56 Å². The van der Waals surface area contributed by atoms with E-state index in [4.69, 9.17) is 8.85 Å². The standard InChI is InChI=1S/C10H24N2O2Si/c1-6-10(11(3)4)15(5)13-8-12(7-2)9-14-15/h10H,6-9H2,1-5H3. The van der Waals surface area contributed by atoms with Crippen LogP contribution in [-0.2, 0) is 8.85 Å². The molecule has 1 heterocycles. The quantitative estimate of drug-likeness (QED) is 0.681. The summed E-state index contributed by atoms with van der Waals surface area (Å²) in [5.41, 5.74) is 0.441. The van der Waals surface area contributed by atoms with E-state index in [-0.39, 0.29) is 0 Å². The van der Waals surface area contributed by atoms with Gasteiger partial charge in [-0.1, -0.05) is 13.8 Å². The molecule has 90 valence electrons. The van der Waals surface area contributed by atoms with Crippen LogP contribution in [0.5, 0.6) is 0 Å². The Kier molecular flexibility index (Phi) is 4.73. The molecule has 1 aliphatic heterocycles. The van der Waals surface area contributed by atoms with E-state index in [1.54, 1.807) is 0 Å². The average Bonchev–Trinajstić information content (AvgIpc) is 2.19. The molecule has 0 saturated carbocycles. The number of hydrogen-bond donors (Lipinski definition) is 0. The highest BCUT2D eigenvalue weighted by atomic mass is 28.4. The zero-order valence-electron chi connectivity index (χ0n) is 10.6. The van der Waals surface area contributed by atoms with Crippen molar-refractivity contribution in [2.24, 2.45) is 0 Å². The minimum atomic E-state index is -2.00. The molecular weight excluding hydrogens is 208 g/mol. The Morgan fingerprint density at radius 1 is 1.27 bits per heavy atom. The first-order chi connectivity index (χ1) is 7.03. The predicted molar refractivity (Wildman–Crippen MR) is 63.7 cm³/mol. The van der Waals surface area contributed by atoms with Crippen molar-refractivity contribution in [3.05, 3.63) is 0 Å². The van der Waals surface area contributed by atoms with Crippen LogP contribution in [0.3, 0.4) is 0 Å². The van der Waals surface area contributed by atoms with E-state index < -0.39 is 8.56 Å². The van der Waals surface area contributed by atoms with Gasteiger partial charge in [0, 0.05) is 0 Å². The molecule has 1 atom stereocenters. The summed E-state index contributed by atoms with van der Waals surface area (Å²) >= 11 is 0. The molecule has 0 aromatic carbocycles. The Morgan fingerprint density at radius 2 is 1.80 bits per heavy atom. The maximum Gasteiger partial charge on any atom is 0.354 e. The summed E-state index contributed by atoms with van der Waals surface area (Å²) in [6.45, 7) is 8.94. The smallest absolute Gasteiger partial charge is 0.354 e. The highest BCUT2D eigenvalue weighted by molar-refractivity contribution is 6.67. The number of rotatable bonds is 4. The van der Waals surface area contributed by atoms with Gasteiger partial charge in [-0.2, -0.15) is 0 Å². The van der Waals surface area contributed by atoms with E-state index in [9.17, 15) is 0 Å². The zero-order valence-corrected chi connectivity index (χ0v) is 11.6. The third-order valence-electron chi connectivity index (χ3n) is 3.13. The molecule has 0 amide bonds. The second-order valence-electron chi connectivity index (χ2n) is 4.44. The molecule has 15 heavy (non-hydrogen) atoms. The summed E-state index contributed by atoms with van der Waals surface area (Å²) in [4.78, 5) is 4.39. The molecule has 0 radical (unpaired) electrons. The molecule has 1 unspecified atom stereocenters. The Morgan fingerprint density at radius 3 is 2.13 bits per heavy atom. The summed E-state index contributed by atoms with van der Waals surface area (Å²) in [6.07, 6.45) is 1.09. The maximum absolute atomic E-state index is 5.98. The molecule has 4 nitrogen and oxygen atoms in total. The van der Waals surface area contributed by atoms with Crippen LogP contribution in [-0.4, -0.2) is 58.1 Å². The molecule has 0 spiro atoms. The van der Waals surface area contributed by atoms with Crippen LogP contribution in [0.15, 0.2) is 0 Å². The van der Waals surface area contributed by atoms with Crippen molar-refractivity contribution in [2.45, 2.75) is 32.5 Å². The fraction of sp³-hybridized carbons (Fsp3) is 1.00. The molecule has 1 rings (SSSR count). The molecule has 0 N–H and O–H groups in total. The lowest BCUT2D eigenvalue weighted by Crippen LogP contribution is -2.62. The Labute approximate surface area is 94.4 Å². The lowest BCUT2D eigenvalue weighted by molar-refractivity contribution is -0.0382. The van der Waals surface area contributed by atoms with Gasteiger partial charge in [0.25, 0.3) is 0 Å². The van der Waals surface area contributed by atoms with Gasteiger partial charge in [0.1, 0.15) is 0 Å². The van der Waals surface area contributed by atoms with Crippen molar-refractivity contribution in [3.63, 3.8) is 0 Å². The van der Waals surface area contributed by atoms with Crippen molar-refractivity contribution >= 4 is 8.56 Å². The Hall–Kier alpha value is 0.0569. The fourth-order valence-corrected chi connectivity index (χ4v) is 5.12. The first-order valence-corrected chi connectivity index (χ1v) is 8.09. The summed E-state index contributed by atoms with van der Waals surface area (Å²) in [7, 11) is 2.20. The highest BCUT2D eigenvalue weighted by Crippen LogP contribution is 2.22. The SMILES string of the molecule is CCC(N(C)C)[Si]1(C)OCN(CC)CO1. The van der Waals surface area contributed by atoms with Crippen LogP contribution in [0, 0.1) is 0 Å². The zero-order chi connectivity index (χ0) is 11.5. The van der Waals surface area contributed by atoms with Gasteiger partial charge in [-0.15, -0.1) is 0 Å². The van der Waals surface area contributed by atoms with Crippen LogP contribution in [0.4, 0.5) is 0 Å². The van der Waals surface area contributed by atoms with Crippen molar-refractivity contribution in [1.29, 1.82) is 0 Å². The van der Waals surface area contributed by atoms with Crippen molar-refractivity contribution < 1.29 is 8.85 Å². The molecule has 0 aromatic heterocycles. The third-order valence-corrected chi connectivity index (χ3v) is 6.67. The average molecular weight is 232 g/mol. The van der Waals surface area contributed by atoms with E-state index in [2.05, 4.69) is 44.3 Å². The van der Waals surface area contributed by atoms with Crippen molar-refractivity contribution in [3.8, 4) is 0 Å². The molecule has 5 heteroatoms. The summed E-state index contributed by atoms with van der Waals surface area (Å²) in [5, 5.41) is 0. The van der Waals surface area contributed by atoms with Gasteiger partial charge in [-0.3, -0.25) is 4.90 Å². The molecular formula is C10H24N2O2Si. The van der Waals surface area contributed by atoms with Gasteiger partial charge in [0.15, 0.2) is 0 Å². The van der Waals surface area contributed by atoms with Crippen LogP contribution in [0.1, 0.15) is 20.3 Å². The Balaban J connectivity index is 2.59. The van der Waals surface area contributed by atoms with E-state index in [0.717, 1.165) is 26.4 Å². The first kappa shape index (κ1) is 13.1. The predicted octanol–water partition coefficient (Wildman–Crippen LogP) is 1.22. The summed E-state index contributed by atoms with van der Waals surface area (Å²) < 4.78 is 12.0. The topological polar surface area (TPSA) is 24.9 Å². The van der Waals surface area contributed by atoms with Crippen LogP contribution in [0.25, 0.3) is 0 Å². The monoisotopic (exact) mass is 232 g/mol. The molecule has 0 aliphatic carbocycles. The maximum atomic E-state index is 5.98. The third kappa shape index (κ3) is 3.01. The molecule has 0 aromatic rings. The summed E-state index contributed by atoms with van der Waals surface area (Å²) in [6, 6.07) is 0. The van der Waals surface area contributed by atoms with E-state index in [0.29, 0.717) is 5.67 Å². The summed E-state index contributed by atoms with van der Waals surface area (Å²) in [5.74, 6) is 0. The van der Waals surface area contributed by atoms with Crippen molar-refractivity contribution in [2.75, 3.05) is 34.1 Å². The van der Waals surface area contributed by atoms with Crippen LogP contribution >= 0.6 is 0 Å². The number of hydrogen-bond acceptors (Lipinski definition) is 4. The molecule has 0 bridgehead atoms. The van der Waals surface area contributed by atoms with Crippen LogP contribution < -0.4 is 0 Å². The van der Waals surface area contributed by atoms with E-state index in [1.165, 1.54) is 0 Å². The van der Waals surface area contributed by atoms with Crippen molar-refractivity contribution in [1.82, 2.24) is 9.80 Å². The largest absolute Gasteiger partial charge is 0.380 e. The highest BCUT2D eigenvalue weighted by Gasteiger charge is 2.44. The molecule has 1 aliphatic rings. The minimum Gasteiger partial charge on any atom is -0.380 e. The van der Waals surface area contributed by atoms with Gasteiger partial charge in [0.05, 0.1) is 19.1 Å². The lowest BCUT2D eigenvalue weighted by Gasteiger charge is -2.43.